The maximum Gasteiger partial charge on any atom is 0.193 e. The molecule has 0 saturated heterocycles. The molecule has 0 unspecified atom stereocenters. The third-order valence-corrected chi connectivity index (χ3v) is 2.90. The van der Waals surface area contributed by atoms with Gasteiger partial charge in [0.2, 0.25) is 0 Å². The van der Waals surface area contributed by atoms with Gasteiger partial charge >= 0.3 is 0 Å². The predicted octanol–water partition coefficient (Wildman–Crippen LogP) is 3.26. The number of aryl methyl sites for hydroxylation is 2. The highest BCUT2D eigenvalue weighted by Gasteiger charge is 2.13. The largest absolute Gasteiger partial charge is 0.396 e. The molecule has 3 heteroatoms. The van der Waals surface area contributed by atoms with E-state index >= 15 is 0 Å². The molecule has 0 amide bonds. The summed E-state index contributed by atoms with van der Waals surface area (Å²) < 4.78 is 13.1. The second kappa shape index (κ2) is 4.61. The Hall–Kier alpha value is -2.16. The van der Waals surface area contributed by atoms with Crippen LogP contribution < -0.4 is 5.73 Å². The van der Waals surface area contributed by atoms with Crippen LogP contribution in [0.5, 0.6) is 0 Å². The maximum absolute atomic E-state index is 13.1. The first-order valence-electron chi connectivity index (χ1n) is 5.66. The number of benzene rings is 2. The average Bonchev–Trinajstić information content (AvgIpc) is 2.35. The predicted molar refractivity (Wildman–Crippen MR) is 70.2 cm³/mol. The van der Waals surface area contributed by atoms with Crippen LogP contribution >= 0.6 is 0 Å². The number of nitrogens with two attached hydrogens (primary N) is 1. The second-order valence-corrected chi connectivity index (χ2v) is 4.38. The Morgan fingerprint density at radius 2 is 1.83 bits per heavy atom. The molecule has 0 atom stereocenters. The van der Waals surface area contributed by atoms with Crippen molar-refractivity contribution < 1.29 is 9.18 Å². The van der Waals surface area contributed by atoms with Crippen molar-refractivity contribution in [3.05, 3.63) is 64.5 Å². The zero-order valence-corrected chi connectivity index (χ0v) is 10.3. The third-order valence-electron chi connectivity index (χ3n) is 2.90. The summed E-state index contributed by atoms with van der Waals surface area (Å²) in [6.07, 6.45) is 0. The van der Waals surface area contributed by atoms with Crippen molar-refractivity contribution >= 4 is 11.5 Å². The van der Waals surface area contributed by atoms with Crippen LogP contribution in [0, 0.1) is 19.7 Å². The quantitative estimate of drug-likeness (QED) is 0.650. The average molecular weight is 243 g/mol. The van der Waals surface area contributed by atoms with Gasteiger partial charge < -0.3 is 5.73 Å². The van der Waals surface area contributed by atoms with Gasteiger partial charge in [-0.2, -0.15) is 0 Å². The minimum absolute atomic E-state index is 0.00819. The molecule has 0 spiro atoms. The number of halogens is 1. The molecule has 2 aromatic rings. The molecular weight excluding hydrogens is 229 g/mol. The number of hydrogen-bond donors (Lipinski definition) is 1. The van der Waals surface area contributed by atoms with E-state index in [1.807, 2.05) is 32.0 Å². The molecule has 0 bridgehead atoms. The van der Waals surface area contributed by atoms with Crippen molar-refractivity contribution in [2.24, 2.45) is 0 Å². The van der Waals surface area contributed by atoms with Crippen molar-refractivity contribution in [3.8, 4) is 0 Å². The minimum Gasteiger partial charge on any atom is -0.396 e. The summed E-state index contributed by atoms with van der Waals surface area (Å²) >= 11 is 0. The van der Waals surface area contributed by atoms with E-state index in [2.05, 4.69) is 0 Å². The Morgan fingerprint density at radius 3 is 2.50 bits per heavy atom. The van der Waals surface area contributed by atoms with E-state index in [0.29, 0.717) is 11.1 Å². The minimum atomic E-state index is -0.507. The molecule has 92 valence electrons. The first kappa shape index (κ1) is 12.3. The fourth-order valence-corrected chi connectivity index (χ4v) is 1.82. The lowest BCUT2D eigenvalue weighted by Crippen LogP contribution is -2.05. The lowest BCUT2D eigenvalue weighted by Gasteiger charge is -2.07. The summed E-state index contributed by atoms with van der Waals surface area (Å²) in [6.45, 7) is 3.80. The molecule has 0 heterocycles. The number of anilines is 1. The van der Waals surface area contributed by atoms with Crippen molar-refractivity contribution in [3.63, 3.8) is 0 Å². The molecule has 0 aliphatic rings. The molecular formula is C15H14FNO. The van der Waals surface area contributed by atoms with Gasteiger partial charge in [-0.1, -0.05) is 17.7 Å². The molecule has 0 aliphatic carbocycles. The molecule has 0 fully saturated rings. The molecule has 0 aliphatic heterocycles. The van der Waals surface area contributed by atoms with E-state index in [1.165, 1.54) is 18.2 Å². The molecule has 0 aromatic heterocycles. The monoisotopic (exact) mass is 243 g/mol. The highest BCUT2D eigenvalue weighted by atomic mass is 19.1. The van der Waals surface area contributed by atoms with E-state index in [-0.39, 0.29) is 11.5 Å². The molecule has 2 N–H and O–H groups in total. The highest BCUT2D eigenvalue weighted by molar-refractivity contribution is 6.10. The Balaban J connectivity index is 2.47. The third kappa shape index (κ3) is 2.25. The van der Waals surface area contributed by atoms with E-state index in [9.17, 15) is 9.18 Å². The number of rotatable bonds is 2. The zero-order valence-electron chi connectivity index (χ0n) is 10.3. The van der Waals surface area contributed by atoms with Crippen LogP contribution in [0.2, 0.25) is 0 Å². The topological polar surface area (TPSA) is 43.1 Å². The Kier molecular flexibility index (Phi) is 3.15. The fourth-order valence-electron chi connectivity index (χ4n) is 1.82. The summed E-state index contributed by atoms with van der Waals surface area (Å²) in [5.41, 5.74) is 8.41. The summed E-state index contributed by atoms with van der Waals surface area (Å²) in [6, 6.07) is 9.72. The first-order valence-corrected chi connectivity index (χ1v) is 5.66. The molecule has 18 heavy (non-hydrogen) atoms. The molecule has 2 nitrogen and oxygen atoms in total. The number of carbonyl (C=O) groups is 1. The van der Waals surface area contributed by atoms with Crippen molar-refractivity contribution in [1.29, 1.82) is 0 Å². The normalized spacial score (nSPS) is 10.4. The molecule has 0 radical (unpaired) electrons. The molecule has 2 aromatic carbocycles. The molecule has 2 rings (SSSR count). The van der Waals surface area contributed by atoms with Gasteiger partial charge in [-0.05, 0) is 43.7 Å². The van der Waals surface area contributed by atoms with Crippen LogP contribution in [0.3, 0.4) is 0 Å². The van der Waals surface area contributed by atoms with E-state index < -0.39 is 5.82 Å². The van der Waals surface area contributed by atoms with Gasteiger partial charge in [0.25, 0.3) is 0 Å². The lowest BCUT2D eigenvalue weighted by molar-refractivity contribution is 0.103. The maximum atomic E-state index is 13.1. The van der Waals surface area contributed by atoms with Gasteiger partial charge in [0.05, 0.1) is 5.69 Å². The van der Waals surface area contributed by atoms with Crippen LogP contribution in [0.15, 0.2) is 36.4 Å². The zero-order chi connectivity index (χ0) is 13.3. The smallest absolute Gasteiger partial charge is 0.193 e. The number of ketones is 1. The summed E-state index contributed by atoms with van der Waals surface area (Å²) in [4.78, 5) is 12.3. The van der Waals surface area contributed by atoms with Crippen LogP contribution in [0.25, 0.3) is 0 Å². The SMILES string of the molecule is Cc1ccc(C)c(C(=O)c2ccc(F)c(N)c2)c1. The summed E-state index contributed by atoms with van der Waals surface area (Å²) in [5.74, 6) is -0.643. The van der Waals surface area contributed by atoms with Crippen molar-refractivity contribution in [2.45, 2.75) is 13.8 Å². The summed E-state index contributed by atoms with van der Waals surface area (Å²) in [5, 5.41) is 0. The van der Waals surface area contributed by atoms with Gasteiger partial charge in [0.15, 0.2) is 5.78 Å². The number of carbonyl (C=O) groups excluding carboxylic acids is 1. The highest BCUT2D eigenvalue weighted by Crippen LogP contribution is 2.19. The summed E-state index contributed by atoms with van der Waals surface area (Å²) in [7, 11) is 0. The first-order chi connectivity index (χ1) is 8.49. The van der Waals surface area contributed by atoms with Crippen LogP contribution in [0.1, 0.15) is 27.0 Å². The fraction of sp³-hybridized carbons (Fsp3) is 0.133. The second-order valence-electron chi connectivity index (χ2n) is 4.38. The van der Waals surface area contributed by atoms with Crippen LogP contribution in [-0.4, -0.2) is 5.78 Å². The Morgan fingerprint density at radius 1 is 1.11 bits per heavy atom. The standard InChI is InChI=1S/C15H14FNO/c1-9-3-4-10(2)12(7-9)15(18)11-5-6-13(16)14(17)8-11/h3-8H,17H2,1-2H3. The Bertz CT molecular complexity index is 620. The van der Waals surface area contributed by atoms with Crippen molar-refractivity contribution in [1.82, 2.24) is 0 Å². The van der Waals surface area contributed by atoms with Gasteiger partial charge in [0.1, 0.15) is 5.82 Å². The van der Waals surface area contributed by atoms with E-state index in [1.54, 1.807) is 0 Å². The van der Waals surface area contributed by atoms with Crippen molar-refractivity contribution in [2.75, 3.05) is 5.73 Å². The van der Waals surface area contributed by atoms with E-state index in [0.717, 1.165) is 11.1 Å². The molecule has 0 saturated carbocycles. The number of nitrogen functional groups attached to an aromatic ring is 1. The van der Waals surface area contributed by atoms with Gasteiger partial charge in [-0.25, -0.2) is 4.39 Å². The van der Waals surface area contributed by atoms with Crippen LogP contribution in [-0.2, 0) is 0 Å². The van der Waals surface area contributed by atoms with Crippen LogP contribution in [0.4, 0.5) is 10.1 Å². The lowest BCUT2D eigenvalue weighted by atomic mass is 9.97. The van der Waals surface area contributed by atoms with E-state index in [4.69, 9.17) is 5.73 Å². The number of hydrogen-bond acceptors (Lipinski definition) is 2. The van der Waals surface area contributed by atoms with Gasteiger partial charge in [0, 0.05) is 11.1 Å². The van der Waals surface area contributed by atoms with Gasteiger partial charge in [-0.15, -0.1) is 0 Å². The van der Waals surface area contributed by atoms with Gasteiger partial charge in [-0.3, -0.25) is 4.79 Å². The Labute approximate surface area is 105 Å².